The third-order valence-electron chi connectivity index (χ3n) is 1.66. The normalized spacial score (nSPS) is 10.4. The summed E-state index contributed by atoms with van der Waals surface area (Å²) in [4.78, 5) is 4.02. The van der Waals surface area contributed by atoms with Crippen molar-refractivity contribution in [2.24, 2.45) is 0 Å². The first kappa shape index (κ1) is 9.55. The summed E-state index contributed by atoms with van der Waals surface area (Å²) in [6, 6.07) is 7.79. The Morgan fingerprint density at radius 3 is 3.07 bits per heavy atom. The van der Waals surface area contributed by atoms with Gasteiger partial charge in [-0.2, -0.15) is 5.10 Å². The molecule has 0 unspecified atom stereocenters. The Morgan fingerprint density at radius 1 is 1.43 bits per heavy atom. The third-order valence-corrected chi connectivity index (χ3v) is 2.84. The Hall–Kier alpha value is -1.00. The number of aromatic nitrogens is 3. The van der Waals surface area contributed by atoms with Crippen LogP contribution in [0.15, 0.2) is 35.7 Å². The van der Waals surface area contributed by atoms with Crippen LogP contribution in [-0.2, 0) is 5.75 Å². The molecule has 0 saturated carbocycles. The van der Waals surface area contributed by atoms with Gasteiger partial charge in [-0.3, -0.25) is 5.10 Å². The minimum absolute atomic E-state index is 0.765. The van der Waals surface area contributed by atoms with Crippen molar-refractivity contribution in [1.82, 2.24) is 15.2 Å². The Balaban J connectivity index is 1.98. The molecule has 1 N–H and O–H groups in total. The van der Waals surface area contributed by atoms with E-state index in [1.165, 1.54) is 11.9 Å². The van der Waals surface area contributed by atoms with Crippen LogP contribution in [0.25, 0.3) is 0 Å². The SMILES string of the molecule is Clc1cccc(CSc2ncn[nH]2)c1. The monoisotopic (exact) mass is 225 g/mol. The average molecular weight is 226 g/mol. The van der Waals surface area contributed by atoms with Gasteiger partial charge in [-0.25, -0.2) is 4.98 Å². The Labute approximate surface area is 90.9 Å². The molecule has 1 aromatic heterocycles. The smallest absolute Gasteiger partial charge is 0.183 e. The van der Waals surface area contributed by atoms with E-state index in [0.29, 0.717) is 0 Å². The zero-order chi connectivity index (χ0) is 9.80. The number of benzene rings is 1. The number of nitrogens with zero attached hydrogens (tertiary/aromatic N) is 2. The largest absolute Gasteiger partial charge is 0.254 e. The van der Waals surface area contributed by atoms with Crippen molar-refractivity contribution in [3.63, 3.8) is 0 Å². The van der Waals surface area contributed by atoms with Crippen LogP contribution in [-0.4, -0.2) is 15.2 Å². The number of H-pyrrole nitrogens is 1. The second-order valence-corrected chi connectivity index (χ2v) is 4.11. The first-order valence-corrected chi connectivity index (χ1v) is 5.43. The van der Waals surface area contributed by atoms with Gasteiger partial charge in [0.15, 0.2) is 5.16 Å². The fraction of sp³-hybridized carbons (Fsp3) is 0.111. The molecule has 0 radical (unpaired) electrons. The summed E-state index contributed by atoms with van der Waals surface area (Å²) in [5.41, 5.74) is 1.18. The van der Waals surface area contributed by atoms with Gasteiger partial charge in [-0.1, -0.05) is 35.5 Å². The molecule has 0 saturated heterocycles. The molecular weight excluding hydrogens is 218 g/mol. The summed E-state index contributed by atoms with van der Waals surface area (Å²) in [7, 11) is 0. The number of rotatable bonds is 3. The van der Waals surface area contributed by atoms with Crippen LogP contribution in [0.2, 0.25) is 5.02 Å². The molecule has 0 spiro atoms. The molecular formula is C9H8ClN3S. The molecule has 1 aromatic carbocycles. The van der Waals surface area contributed by atoms with Crippen molar-refractivity contribution in [2.75, 3.05) is 0 Å². The lowest BCUT2D eigenvalue weighted by Crippen LogP contribution is -1.81. The van der Waals surface area contributed by atoms with Crippen LogP contribution in [0.4, 0.5) is 0 Å². The highest BCUT2D eigenvalue weighted by atomic mass is 35.5. The maximum absolute atomic E-state index is 5.86. The van der Waals surface area contributed by atoms with Crippen molar-refractivity contribution in [2.45, 2.75) is 10.9 Å². The first-order valence-electron chi connectivity index (χ1n) is 4.07. The third kappa shape index (κ3) is 2.49. The standard InChI is InChI=1S/C9H8ClN3S/c10-8-3-1-2-7(4-8)5-14-9-11-6-12-13-9/h1-4,6H,5H2,(H,11,12,13). The molecule has 5 heteroatoms. The first-order chi connectivity index (χ1) is 6.84. The molecule has 14 heavy (non-hydrogen) atoms. The van der Waals surface area contributed by atoms with Gasteiger partial charge in [-0.15, -0.1) is 0 Å². The van der Waals surface area contributed by atoms with Crippen LogP contribution in [0, 0.1) is 0 Å². The van der Waals surface area contributed by atoms with Gasteiger partial charge in [-0.05, 0) is 17.7 Å². The number of nitrogens with one attached hydrogen (secondary N) is 1. The van der Waals surface area contributed by atoms with Gasteiger partial charge in [0.2, 0.25) is 0 Å². The van der Waals surface area contributed by atoms with Crippen molar-refractivity contribution in [1.29, 1.82) is 0 Å². The van der Waals surface area contributed by atoms with E-state index in [9.17, 15) is 0 Å². The van der Waals surface area contributed by atoms with Gasteiger partial charge in [0.25, 0.3) is 0 Å². The summed E-state index contributed by atoms with van der Waals surface area (Å²) in [5.74, 6) is 0.843. The van der Waals surface area contributed by atoms with E-state index in [-0.39, 0.29) is 0 Å². The highest BCUT2D eigenvalue weighted by molar-refractivity contribution is 7.98. The van der Waals surface area contributed by atoms with Crippen molar-refractivity contribution in [3.05, 3.63) is 41.2 Å². The summed E-state index contributed by atoms with van der Waals surface area (Å²) in [6.07, 6.45) is 1.50. The van der Waals surface area contributed by atoms with Crippen molar-refractivity contribution in [3.8, 4) is 0 Å². The zero-order valence-corrected chi connectivity index (χ0v) is 8.85. The predicted octanol–water partition coefficient (Wildman–Crippen LogP) is 2.75. The predicted molar refractivity (Wildman–Crippen MR) is 57.4 cm³/mol. The number of halogens is 1. The molecule has 2 rings (SSSR count). The van der Waals surface area contributed by atoms with E-state index in [2.05, 4.69) is 15.2 Å². The molecule has 72 valence electrons. The van der Waals surface area contributed by atoms with Crippen LogP contribution in [0.5, 0.6) is 0 Å². The Kier molecular flexibility index (Phi) is 3.06. The maximum Gasteiger partial charge on any atom is 0.183 e. The van der Waals surface area contributed by atoms with E-state index in [1.807, 2.05) is 24.3 Å². The van der Waals surface area contributed by atoms with E-state index >= 15 is 0 Å². The second-order valence-electron chi connectivity index (χ2n) is 2.71. The Bertz CT molecular complexity index is 402. The number of thioether (sulfide) groups is 1. The topological polar surface area (TPSA) is 41.6 Å². The molecule has 0 aliphatic carbocycles. The number of hydrogen-bond acceptors (Lipinski definition) is 3. The molecule has 0 aliphatic heterocycles. The van der Waals surface area contributed by atoms with Crippen LogP contribution < -0.4 is 0 Å². The minimum atomic E-state index is 0.765. The quantitative estimate of drug-likeness (QED) is 0.817. The van der Waals surface area contributed by atoms with Gasteiger partial charge < -0.3 is 0 Å². The maximum atomic E-state index is 5.86. The summed E-state index contributed by atoms with van der Waals surface area (Å²) in [6.45, 7) is 0. The fourth-order valence-corrected chi connectivity index (χ4v) is 1.98. The molecule has 0 aliphatic rings. The number of aromatic amines is 1. The molecule has 0 bridgehead atoms. The Morgan fingerprint density at radius 2 is 2.36 bits per heavy atom. The summed E-state index contributed by atoms with van der Waals surface area (Å²) in [5, 5.41) is 8.15. The molecule has 2 aromatic rings. The molecule has 3 nitrogen and oxygen atoms in total. The van der Waals surface area contributed by atoms with Gasteiger partial charge in [0, 0.05) is 10.8 Å². The lowest BCUT2D eigenvalue weighted by molar-refractivity contribution is 0.973. The van der Waals surface area contributed by atoms with E-state index < -0.39 is 0 Å². The van der Waals surface area contributed by atoms with E-state index in [0.717, 1.165) is 15.9 Å². The van der Waals surface area contributed by atoms with E-state index in [4.69, 9.17) is 11.6 Å². The van der Waals surface area contributed by atoms with Gasteiger partial charge in [0.1, 0.15) is 6.33 Å². The highest BCUT2D eigenvalue weighted by Crippen LogP contribution is 2.20. The van der Waals surface area contributed by atoms with Gasteiger partial charge >= 0.3 is 0 Å². The van der Waals surface area contributed by atoms with E-state index in [1.54, 1.807) is 11.8 Å². The lowest BCUT2D eigenvalue weighted by Gasteiger charge is -1.98. The van der Waals surface area contributed by atoms with Crippen molar-refractivity contribution >= 4 is 23.4 Å². The van der Waals surface area contributed by atoms with Crippen LogP contribution in [0.1, 0.15) is 5.56 Å². The second kappa shape index (κ2) is 4.48. The molecule has 0 amide bonds. The molecule has 0 fully saturated rings. The average Bonchev–Trinajstić information content (AvgIpc) is 2.67. The zero-order valence-electron chi connectivity index (χ0n) is 7.27. The summed E-state index contributed by atoms with van der Waals surface area (Å²) >= 11 is 7.46. The molecule has 0 atom stereocenters. The van der Waals surface area contributed by atoms with Crippen molar-refractivity contribution < 1.29 is 0 Å². The van der Waals surface area contributed by atoms with Gasteiger partial charge in [0.05, 0.1) is 0 Å². The number of hydrogen-bond donors (Lipinski definition) is 1. The molecule has 1 heterocycles. The van der Waals surface area contributed by atoms with Crippen LogP contribution >= 0.6 is 23.4 Å². The van der Waals surface area contributed by atoms with Crippen LogP contribution in [0.3, 0.4) is 0 Å². The fourth-order valence-electron chi connectivity index (χ4n) is 1.04. The minimum Gasteiger partial charge on any atom is -0.254 e. The highest BCUT2D eigenvalue weighted by Gasteiger charge is 1.98. The summed E-state index contributed by atoms with van der Waals surface area (Å²) < 4.78 is 0. The lowest BCUT2D eigenvalue weighted by atomic mass is 10.2.